The van der Waals surface area contributed by atoms with Gasteiger partial charge < -0.3 is 15.6 Å². The topological polar surface area (TPSA) is 72.6 Å². The van der Waals surface area contributed by atoms with E-state index in [1.54, 1.807) is 6.26 Å². The van der Waals surface area contributed by atoms with E-state index < -0.39 is 5.97 Å². The molecule has 82 valence electrons. The minimum Gasteiger partial charge on any atom is -0.497 e. The molecule has 0 spiro atoms. The van der Waals surface area contributed by atoms with Crippen molar-refractivity contribution in [1.29, 1.82) is 0 Å². The molecule has 15 heavy (non-hydrogen) atoms. The summed E-state index contributed by atoms with van der Waals surface area (Å²) in [7, 11) is 0. The second-order valence-corrected chi connectivity index (χ2v) is 4.07. The van der Waals surface area contributed by atoms with Crippen LogP contribution in [0.25, 0.3) is 0 Å². The minimum atomic E-state index is -0.753. The first-order chi connectivity index (χ1) is 7.18. The van der Waals surface area contributed by atoms with Crippen molar-refractivity contribution >= 4 is 5.97 Å². The van der Waals surface area contributed by atoms with Crippen LogP contribution >= 0.6 is 0 Å². The van der Waals surface area contributed by atoms with Crippen LogP contribution in [0.2, 0.25) is 0 Å². The molecule has 2 atom stereocenters. The first-order valence-electron chi connectivity index (χ1n) is 5.17. The molecular weight excluding hydrogens is 194 g/mol. The number of carboxylic acid groups (broad SMARTS) is 1. The lowest BCUT2D eigenvalue weighted by molar-refractivity contribution is -0.137. The van der Waals surface area contributed by atoms with Crippen molar-refractivity contribution in [3.63, 3.8) is 0 Å². The molecule has 1 aliphatic heterocycles. The molecule has 4 nitrogen and oxygen atoms in total. The predicted molar refractivity (Wildman–Crippen MR) is 55.1 cm³/mol. The number of carboxylic acids is 1. The Hall–Kier alpha value is -1.29. The minimum absolute atomic E-state index is 0.0465. The van der Waals surface area contributed by atoms with Crippen molar-refractivity contribution in [2.45, 2.75) is 25.3 Å². The summed E-state index contributed by atoms with van der Waals surface area (Å²) in [6.07, 6.45) is 5.41. The van der Waals surface area contributed by atoms with Crippen LogP contribution in [0, 0.1) is 5.92 Å². The number of hydrogen-bond donors (Lipinski definition) is 2. The van der Waals surface area contributed by atoms with Gasteiger partial charge in [0.15, 0.2) is 0 Å². The molecular formula is C11H15NO3. The Bertz CT molecular complexity index is 333. The third-order valence-corrected chi connectivity index (χ3v) is 3.09. The van der Waals surface area contributed by atoms with E-state index in [1.807, 2.05) is 6.08 Å². The molecule has 2 rings (SSSR count). The molecule has 0 aromatic rings. The smallest absolute Gasteiger partial charge is 0.303 e. The Labute approximate surface area is 88.4 Å². The lowest BCUT2D eigenvalue weighted by Gasteiger charge is -2.32. The number of hydrogen-bond acceptors (Lipinski definition) is 3. The van der Waals surface area contributed by atoms with Crippen LogP contribution in [0.1, 0.15) is 19.3 Å². The summed E-state index contributed by atoms with van der Waals surface area (Å²) in [5.74, 6) is -0.654. The van der Waals surface area contributed by atoms with Crippen LogP contribution in [0.4, 0.5) is 0 Å². The number of ether oxygens (including phenoxy) is 1. The van der Waals surface area contributed by atoms with Crippen LogP contribution in [0.3, 0.4) is 0 Å². The highest BCUT2D eigenvalue weighted by molar-refractivity contribution is 5.68. The first kappa shape index (κ1) is 10.2. The molecule has 0 amide bonds. The van der Waals surface area contributed by atoms with Gasteiger partial charge in [-0.05, 0) is 36.0 Å². The zero-order chi connectivity index (χ0) is 10.8. The van der Waals surface area contributed by atoms with Crippen molar-refractivity contribution in [3.8, 4) is 0 Å². The van der Waals surface area contributed by atoms with E-state index in [2.05, 4.69) is 0 Å². The molecule has 1 aliphatic carbocycles. The summed E-state index contributed by atoms with van der Waals surface area (Å²) in [5, 5.41) is 8.81. The summed E-state index contributed by atoms with van der Waals surface area (Å²) < 4.78 is 5.21. The number of aliphatic carboxylic acids is 1. The van der Waals surface area contributed by atoms with E-state index in [0.29, 0.717) is 6.61 Å². The number of carbonyl (C=O) groups is 1. The average molecular weight is 209 g/mol. The molecule has 1 heterocycles. The van der Waals surface area contributed by atoms with Crippen LogP contribution in [-0.2, 0) is 9.53 Å². The largest absolute Gasteiger partial charge is 0.497 e. The van der Waals surface area contributed by atoms with Gasteiger partial charge in [0.2, 0.25) is 0 Å². The molecule has 4 heteroatoms. The Morgan fingerprint density at radius 1 is 1.60 bits per heavy atom. The third-order valence-electron chi connectivity index (χ3n) is 3.09. The summed E-state index contributed by atoms with van der Waals surface area (Å²) in [4.78, 5) is 10.7. The van der Waals surface area contributed by atoms with Gasteiger partial charge in [-0.1, -0.05) is 0 Å². The highest BCUT2D eigenvalue weighted by Crippen LogP contribution is 2.34. The maximum atomic E-state index is 10.7. The van der Waals surface area contributed by atoms with Gasteiger partial charge in [-0.2, -0.15) is 0 Å². The van der Waals surface area contributed by atoms with Crippen molar-refractivity contribution < 1.29 is 14.6 Å². The fourth-order valence-electron chi connectivity index (χ4n) is 2.31. The van der Waals surface area contributed by atoms with Gasteiger partial charge in [0.1, 0.15) is 6.61 Å². The van der Waals surface area contributed by atoms with Crippen LogP contribution in [-0.4, -0.2) is 23.7 Å². The Morgan fingerprint density at radius 3 is 3.13 bits per heavy atom. The van der Waals surface area contributed by atoms with E-state index in [-0.39, 0.29) is 18.4 Å². The average Bonchev–Trinajstić information content (AvgIpc) is 2.22. The van der Waals surface area contributed by atoms with Gasteiger partial charge in [0.25, 0.3) is 0 Å². The molecule has 0 saturated heterocycles. The first-order valence-corrected chi connectivity index (χ1v) is 5.17. The van der Waals surface area contributed by atoms with Gasteiger partial charge in [0.05, 0.1) is 12.7 Å². The second-order valence-electron chi connectivity index (χ2n) is 4.07. The van der Waals surface area contributed by atoms with E-state index in [9.17, 15) is 4.79 Å². The van der Waals surface area contributed by atoms with Crippen molar-refractivity contribution in [1.82, 2.24) is 0 Å². The van der Waals surface area contributed by atoms with Crippen LogP contribution < -0.4 is 5.73 Å². The standard InChI is InChI=1S/C11H15NO3/c12-10-2-1-7(5-11(13)14)9-6-15-4-3-8(9)10/h3-4,7,10H,1-2,5-6,12H2,(H,13,14). The lowest BCUT2D eigenvalue weighted by Crippen LogP contribution is -2.33. The summed E-state index contributed by atoms with van der Waals surface area (Å²) in [5.41, 5.74) is 8.13. The van der Waals surface area contributed by atoms with Gasteiger partial charge in [-0.3, -0.25) is 4.79 Å². The fraction of sp³-hybridized carbons (Fsp3) is 0.545. The monoisotopic (exact) mass is 209 g/mol. The Balaban J connectivity index is 2.23. The van der Waals surface area contributed by atoms with Crippen molar-refractivity contribution in [3.05, 3.63) is 23.5 Å². The molecule has 0 saturated carbocycles. The number of rotatable bonds is 2. The quantitative estimate of drug-likeness (QED) is 0.712. The molecule has 0 aromatic heterocycles. The normalized spacial score (nSPS) is 29.7. The van der Waals surface area contributed by atoms with Gasteiger partial charge in [-0.15, -0.1) is 0 Å². The lowest BCUT2D eigenvalue weighted by atomic mass is 9.78. The van der Waals surface area contributed by atoms with Crippen LogP contribution in [0.15, 0.2) is 23.5 Å². The molecule has 2 aliphatic rings. The van der Waals surface area contributed by atoms with E-state index in [1.165, 1.54) is 0 Å². The third kappa shape index (κ3) is 2.04. The van der Waals surface area contributed by atoms with Gasteiger partial charge >= 0.3 is 5.97 Å². The van der Waals surface area contributed by atoms with E-state index in [0.717, 1.165) is 24.0 Å². The van der Waals surface area contributed by atoms with E-state index >= 15 is 0 Å². The molecule has 2 unspecified atom stereocenters. The predicted octanol–water partition coefficient (Wildman–Crippen LogP) is 1.04. The number of nitrogens with two attached hydrogens (primary N) is 1. The fourth-order valence-corrected chi connectivity index (χ4v) is 2.31. The molecule has 0 bridgehead atoms. The summed E-state index contributed by atoms with van der Waals surface area (Å²) >= 11 is 0. The van der Waals surface area contributed by atoms with Crippen molar-refractivity contribution in [2.24, 2.45) is 11.7 Å². The molecule has 3 N–H and O–H groups in total. The SMILES string of the molecule is NC1CCC(CC(=O)O)C2=C1C=COC2. The Morgan fingerprint density at radius 2 is 2.40 bits per heavy atom. The Kier molecular flexibility index (Phi) is 2.77. The summed E-state index contributed by atoms with van der Waals surface area (Å²) in [6, 6.07) is 0.0465. The molecule has 0 aromatic carbocycles. The van der Waals surface area contributed by atoms with Gasteiger partial charge in [0, 0.05) is 6.04 Å². The maximum absolute atomic E-state index is 10.7. The second kappa shape index (κ2) is 4.06. The van der Waals surface area contributed by atoms with E-state index in [4.69, 9.17) is 15.6 Å². The van der Waals surface area contributed by atoms with Crippen molar-refractivity contribution in [2.75, 3.05) is 6.61 Å². The highest BCUT2D eigenvalue weighted by Gasteiger charge is 2.29. The van der Waals surface area contributed by atoms with Crippen LogP contribution in [0.5, 0.6) is 0 Å². The van der Waals surface area contributed by atoms with Gasteiger partial charge in [-0.25, -0.2) is 0 Å². The molecule has 0 fully saturated rings. The molecule has 0 radical (unpaired) electrons. The summed E-state index contributed by atoms with van der Waals surface area (Å²) in [6.45, 7) is 0.498. The zero-order valence-corrected chi connectivity index (χ0v) is 8.48. The maximum Gasteiger partial charge on any atom is 0.303 e. The highest BCUT2D eigenvalue weighted by atomic mass is 16.5. The zero-order valence-electron chi connectivity index (χ0n) is 8.48.